The molecule has 5 nitrogen and oxygen atoms in total. The Bertz CT molecular complexity index is 427. The molecular formula is C15H24N2O3. The van der Waals surface area contributed by atoms with Crippen LogP contribution in [0, 0.1) is 5.92 Å². The van der Waals surface area contributed by atoms with Crippen LogP contribution in [-0.2, 0) is 0 Å². The van der Waals surface area contributed by atoms with Crippen LogP contribution >= 0.6 is 0 Å². The average molecular weight is 280 g/mol. The number of β-amino-alcohol motifs (C(OH)–C–C–N with tert-alkyl or cyclic N) is 1. The highest BCUT2D eigenvalue weighted by Crippen LogP contribution is 2.24. The molecule has 1 aromatic rings. The number of hydrogen-bond donors (Lipinski definition) is 3. The molecule has 1 fully saturated rings. The number of nitrogens with two attached hydrogens (primary N) is 1. The Morgan fingerprint density at radius 2 is 2.20 bits per heavy atom. The normalized spacial score (nSPS) is 24.8. The summed E-state index contributed by atoms with van der Waals surface area (Å²) in [5.74, 6) is 1.07. The van der Waals surface area contributed by atoms with Gasteiger partial charge in [0.1, 0.15) is 18.5 Å². The second-order valence-corrected chi connectivity index (χ2v) is 5.51. The topological polar surface area (TPSA) is 79.0 Å². The first-order valence-electron chi connectivity index (χ1n) is 7.12. The molecule has 1 heterocycles. The van der Waals surface area contributed by atoms with Crippen LogP contribution in [0.5, 0.6) is 5.75 Å². The molecule has 5 heteroatoms. The summed E-state index contributed by atoms with van der Waals surface area (Å²) in [7, 11) is 0. The summed E-state index contributed by atoms with van der Waals surface area (Å²) in [5.41, 5.74) is 6.35. The number of ether oxygens (including phenoxy) is 1. The summed E-state index contributed by atoms with van der Waals surface area (Å²) >= 11 is 0. The number of nitrogen functional groups attached to an aromatic ring is 1. The van der Waals surface area contributed by atoms with E-state index in [1.54, 1.807) is 12.1 Å². The fourth-order valence-electron chi connectivity index (χ4n) is 2.73. The van der Waals surface area contributed by atoms with Crippen LogP contribution in [0.25, 0.3) is 0 Å². The number of para-hydroxylation sites is 2. The number of rotatable bonds is 6. The van der Waals surface area contributed by atoms with Gasteiger partial charge in [0, 0.05) is 12.6 Å². The van der Waals surface area contributed by atoms with Crippen molar-refractivity contribution >= 4 is 5.69 Å². The molecule has 0 aromatic heterocycles. The number of aliphatic hydroxyl groups excluding tert-OH is 2. The molecule has 0 amide bonds. The van der Waals surface area contributed by atoms with Crippen LogP contribution in [0.1, 0.15) is 13.3 Å². The molecule has 2 rings (SSSR count). The van der Waals surface area contributed by atoms with Crippen molar-refractivity contribution < 1.29 is 14.9 Å². The van der Waals surface area contributed by atoms with Gasteiger partial charge in [-0.3, -0.25) is 4.90 Å². The van der Waals surface area contributed by atoms with Crippen molar-refractivity contribution in [3.63, 3.8) is 0 Å². The summed E-state index contributed by atoms with van der Waals surface area (Å²) in [6.45, 7) is 3.91. The number of nitrogens with zero attached hydrogens (tertiary/aromatic N) is 1. The standard InChI is InChI=1S/C15H24N2O3/c1-11-6-7-17(14(11)9-18)8-12(19)10-20-15-5-3-2-4-13(15)16/h2-5,11-12,14,18-19H,6-10,16H2,1H3. The van der Waals surface area contributed by atoms with Gasteiger partial charge in [-0.15, -0.1) is 0 Å². The Morgan fingerprint density at radius 1 is 1.45 bits per heavy atom. The Balaban J connectivity index is 1.81. The van der Waals surface area contributed by atoms with Crippen LogP contribution < -0.4 is 10.5 Å². The van der Waals surface area contributed by atoms with Gasteiger partial charge in [-0.25, -0.2) is 0 Å². The van der Waals surface area contributed by atoms with E-state index in [1.807, 2.05) is 12.1 Å². The lowest BCUT2D eigenvalue weighted by Crippen LogP contribution is -2.41. The summed E-state index contributed by atoms with van der Waals surface area (Å²) in [6.07, 6.45) is 0.471. The third-order valence-electron chi connectivity index (χ3n) is 3.98. The second kappa shape index (κ2) is 6.92. The Morgan fingerprint density at radius 3 is 2.90 bits per heavy atom. The zero-order valence-electron chi connectivity index (χ0n) is 11.9. The highest BCUT2D eigenvalue weighted by atomic mass is 16.5. The van der Waals surface area contributed by atoms with E-state index < -0.39 is 6.10 Å². The van der Waals surface area contributed by atoms with Crippen molar-refractivity contribution in [2.45, 2.75) is 25.5 Å². The molecule has 1 aliphatic rings. The van der Waals surface area contributed by atoms with Crippen molar-refractivity contribution in [3.8, 4) is 5.75 Å². The summed E-state index contributed by atoms with van der Waals surface area (Å²) < 4.78 is 5.54. The lowest BCUT2D eigenvalue weighted by Gasteiger charge is -2.27. The first-order valence-corrected chi connectivity index (χ1v) is 7.12. The first kappa shape index (κ1) is 15.1. The molecule has 20 heavy (non-hydrogen) atoms. The molecule has 3 unspecified atom stereocenters. The number of anilines is 1. The number of hydrogen-bond acceptors (Lipinski definition) is 5. The third kappa shape index (κ3) is 3.62. The van der Waals surface area contributed by atoms with Gasteiger partial charge in [-0.1, -0.05) is 19.1 Å². The zero-order chi connectivity index (χ0) is 14.5. The van der Waals surface area contributed by atoms with Gasteiger partial charge in [0.2, 0.25) is 0 Å². The number of likely N-dealkylation sites (tertiary alicyclic amines) is 1. The molecular weight excluding hydrogens is 256 g/mol. The fourth-order valence-corrected chi connectivity index (χ4v) is 2.73. The van der Waals surface area contributed by atoms with E-state index in [2.05, 4.69) is 11.8 Å². The Hall–Kier alpha value is -1.30. The van der Waals surface area contributed by atoms with Gasteiger partial charge in [-0.2, -0.15) is 0 Å². The maximum Gasteiger partial charge on any atom is 0.142 e. The third-order valence-corrected chi connectivity index (χ3v) is 3.98. The molecule has 3 atom stereocenters. The van der Waals surface area contributed by atoms with Gasteiger partial charge < -0.3 is 20.7 Å². The quantitative estimate of drug-likeness (QED) is 0.669. The predicted molar refractivity (Wildman–Crippen MR) is 78.6 cm³/mol. The SMILES string of the molecule is CC1CCN(CC(O)COc2ccccc2N)C1CO. The molecule has 1 aliphatic heterocycles. The fraction of sp³-hybridized carbons (Fsp3) is 0.600. The molecule has 0 radical (unpaired) electrons. The molecule has 0 bridgehead atoms. The van der Waals surface area contributed by atoms with E-state index in [4.69, 9.17) is 10.5 Å². The van der Waals surface area contributed by atoms with Crippen LogP contribution in [-0.4, -0.2) is 53.6 Å². The van der Waals surface area contributed by atoms with E-state index in [-0.39, 0.29) is 19.3 Å². The summed E-state index contributed by atoms with van der Waals surface area (Å²) in [5, 5.41) is 19.5. The van der Waals surface area contributed by atoms with E-state index in [9.17, 15) is 10.2 Å². The Labute approximate surface area is 120 Å². The Kier molecular flexibility index (Phi) is 5.23. The minimum Gasteiger partial charge on any atom is -0.489 e. The van der Waals surface area contributed by atoms with E-state index in [0.29, 0.717) is 23.9 Å². The van der Waals surface area contributed by atoms with Crippen LogP contribution in [0.2, 0.25) is 0 Å². The van der Waals surface area contributed by atoms with Crippen molar-refractivity contribution in [2.75, 3.05) is 32.0 Å². The average Bonchev–Trinajstić information content (AvgIpc) is 2.78. The van der Waals surface area contributed by atoms with Gasteiger partial charge >= 0.3 is 0 Å². The molecule has 1 aromatic carbocycles. The number of benzene rings is 1. The largest absolute Gasteiger partial charge is 0.489 e. The first-order chi connectivity index (χ1) is 9.61. The zero-order valence-corrected chi connectivity index (χ0v) is 11.9. The monoisotopic (exact) mass is 280 g/mol. The molecule has 0 aliphatic carbocycles. The van der Waals surface area contributed by atoms with E-state index in [0.717, 1.165) is 13.0 Å². The predicted octanol–water partition coefficient (Wildman–Crippen LogP) is 0.711. The highest BCUT2D eigenvalue weighted by Gasteiger charge is 2.31. The molecule has 112 valence electrons. The lowest BCUT2D eigenvalue weighted by molar-refractivity contribution is 0.0483. The van der Waals surface area contributed by atoms with E-state index in [1.165, 1.54) is 0 Å². The van der Waals surface area contributed by atoms with Crippen LogP contribution in [0.15, 0.2) is 24.3 Å². The summed E-state index contributed by atoms with van der Waals surface area (Å²) in [6, 6.07) is 7.40. The second-order valence-electron chi connectivity index (χ2n) is 5.51. The smallest absolute Gasteiger partial charge is 0.142 e. The minimum absolute atomic E-state index is 0.139. The van der Waals surface area contributed by atoms with Gasteiger partial charge in [0.05, 0.1) is 12.3 Å². The maximum atomic E-state index is 10.1. The van der Waals surface area contributed by atoms with Crippen LogP contribution in [0.4, 0.5) is 5.69 Å². The molecule has 1 saturated heterocycles. The molecule has 4 N–H and O–H groups in total. The maximum absolute atomic E-state index is 10.1. The number of aliphatic hydroxyl groups is 2. The van der Waals surface area contributed by atoms with Gasteiger partial charge in [0.25, 0.3) is 0 Å². The van der Waals surface area contributed by atoms with E-state index >= 15 is 0 Å². The van der Waals surface area contributed by atoms with Crippen molar-refractivity contribution in [2.24, 2.45) is 5.92 Å². The van der Waals surface area contributed by atoms with Crippen molar-refractivity contribution in [1.29, 1.82) is 0 Å². The van der Waals surface area contributed by atoms with Gasteiger partial charge in [-0.05, 0) is 31.0 Å². The minimum atomic E-state index is -0.589. The van der Waals surface area contributed by atoms with Crippen LogP contribution in [0.3, 0.4) is 0 Å². The summed E-state index contributed by atoms with van der Waals surface area (Å²) in [4.78, 5) is 2.13. The lowest BCUT2D eigenvalue weighted by atomic mass is 10.0. The molecule has 0 spiro atoms. The highest BCUT2D eigenvalue weighted by molar-refractivity contribution is 5.51. The molecule has 0 saturated carbocycles. The van der Waals surface area contributed by atoms with Crippen molar-refractivity contribution in [3.05, 3.63) is 24.3 Å². The van der Waals surface area contributed by atoms with Crippen molar-refractivity contribution in [1.82, 2.24) is 4.90 Å². The van der Waals surface area contributed by atoms with Gasteiger partial charge in [0.15, 0.2) is 0 Å².